The predicted octanol–water partition coefficient (Wildman–Crippen LogP) is 5.62. The molecule has 3 rings (SSSR count). The molecule has 3 nitrogen and oxygen atoms in total. The molecule has 1 fully saturated rings. The number of hydrogen-bond acceptors (Lipinski definition) is 3. The van der Waals surface area contributed by atoms with Crippen LogP contribution in [0, 0.1) is 11.8 Å². The van der Waals surface area contributed by atoms with Crippen LogP contribution >= 0.6 is 0 Å². The third-order valence-corrected chi connectivity index (χ3v) is 6.03. The van der Waals surface area contributed by atoms with Gasteiger partial charge in [0, 0.05) is 0 Å². The Morgan fingerprint density at radius 1 is 0.893 bits per heavy atom. The van der Waals surface area contributed by atoms with Crippen LogP contribution in [0.3, 0.4) is 0 Å². The van der Waals surface area contributed by atoms with Crippen molar-refractivity contribution < 1.29 is 9.47 Å². The lowest BCUT2D eigenvalue weighted by Crippen LogP contribution is -2.27. The molecule has 0 unspecified atom stereocenters. The number of methoxy groups -OCH3 is 1. The Kier molecular flexibility index (Phi) is 8.23. The SMILES string of the molecule is CCC1CCC(CNCCc2ccc(OCc3ccccc3)c(OC)c2)CC1. The largest absolute Gasteiger partial charge is 0.493 e. The van der Waals surface area contributed by atoms with Crippen molar-refractivity contribution in [3.63, 3.8) is 0 Å². The average Bonchev–Trinajstić information content (AvgIpc) is 2.76. The third-order valence-electron chi connectivity index (χ3n) is 6.03. The van der Waals surface area contributed by atoms with E-state index in [1.54, 1.807) is 7.11 Å². The van der Waals surface area contributed by atoms with Crippen LogP contribution in [-0.2, 0) is 13.0 Å². The number of rotatable bonds is 10. The standard InChI is InChI=1S/C25H35NO2/c1-3-20-9-11-22(12-10-20)18-26-16-15-21-13-14-24(25(17-21)27-2)28-19-23-7-5-4-6-8-23/h4-8,13-14,17,20,22,26H,3,9-12,15-16,18-19H2,1-2H3. The zero-order valence-electron chi connectivity index (χ0n) is 17.5. The zero-order valence-corrected chi connectivity index (χ0v) is 17.5. The summed E-state index contributed by atoms with van der Waals surface area (Å²) in [6.45, 7) is 5.06. The molecule has 1 N–H and O–H groups in total. The van der Waals surface area contributed by atoms with Crippen LogP contribution in [-0.4, -0.2) is 20.2 Å². The van der Waals surface area contributed by atoms with Crippen molar-refractivity contribution in [2.24, 2.45) is 11.8 Å². The van der Waals surface area contributed by atoms with Crippen LogP contribution in [0.15, 0.2) is 48.5 Å². The minimum Gasteiger partial charge on any atom is -0.493 e. The maximum atomic E-state index is 5.95. The second-order valence-electron chi connectivity index (χ2n) is 8.01. The van der Waals surface area contributed by atoms with Crippen LogP contribution in [0.2, 0.25) is 0 Å². The van der Waals surface area contributed by atoms with Crippen molar-refractivity contribution >= 4 is 0 Å². The molecule has 2 aromatic carbocycles. The third kappa shape index (κ3) is 6.27. The van der Waals surface area contributed by atoms with Crippen molar-refractivity contribution in [2.45, 2.75) is 52.1 Å². The summed E-state index contributed by atoms with van der Waals surface area (Å²) in [5.41, 5.74) is 2.44. The molecule has 1 aliphatic carbocycles. The first-order valence-corrected chi connectivity index (χ1v) is 10.8. The molecule has 0 saturated heterocycles. The summed E-state index contributed by atoms with van der Waals surface area (Å²) >= 11 is 0. The monoisotopic (exact) mass is 381 g/mol. The van der Waals surface area contributed by atoms with E-state index in [1.807, 2.05) is 24.3 Å². The van der Waals surface area contributed by atoms with E-state index in [4.69, 9.17) is 9.47 Å². The van der Waals surface area contributed by atoms with Crippen molar-refractivity contribution in [3.8, 4) is 11.5 Å². The normalized spacial score (nSPS) is 19.4. The van der Waals surface area contributed by atoms with E-state index >= 15 is 0 Å². The molecule has 0 bridgehead atoms. The van der Waals surface area contributed by atoms with Gasteiger partial charge in [0.05, 0.1) is 7.11 Å². The molecule has 28 heavy (non-hydrogen) atoms. The maximum absolute atomic E-state index is 5.95. The minimum absolute atomic E-state index is 0.554. The summed E-state index contributed by atoms with van der Waals surface area (Å²) in [5.74, 6) is 3.46. The van der Waals surface area contributed by atoms with Gasteiger partial charge in [-0.05, 0) is 67.4 Å². The molecule has 0 radical (unpaired) electrons. The second kappa shape index (κ2) is 11.1. The predicted molar refractivity (Wildman–Crippen MR) is 116 cm³/mol. The molecule has 0 amide bonds. The molecule has 0 heterocycles. The Balaban J connectivity index is 1.42. The highest BCUT2D eigenvalue weighted by Crippen LogP contribution is 2.30. The van der Waals surface area contributed by atoms with Gasteiger partial charge in [0.25, 0.3) is 0 Å². The van der Waals surface area contributed by atoms with Gasteiger partial charge in [-0.2, -0.15) is 0 Å². The molecule has 0 atom stereocenters. The topological polar surface area (TPSA) is 30.5 Å². The first-order chi connectivity index (χ1) is 13.8. The fourth-order valence-electron chi connectivity index (χ4n) is 4.10. The molecule has 1 aliphatic rings. The summed E-state index contributed by atoms with van der Waals surface area (Å²) in [7, 11) is 1.71. The van der Waals surface area contributed by atoms with Crippen LogP contribution in [0.25, 0.3) is 0 Å². The van der Waals surface area contributed by atoms with Gasteiger partial charge < -0.3 is 14.8 Å². The molecular formula is C25H35NO2. The van der Waals surface area contributed by atoms with E-state index in [9.17, 15) is 0 Å². The van der Waals surface area contributed by atoms with Gasteiger partial charge in [0.15, 0.2) is 11.5 Å². The minimum atomic E-state index is 0.554. The van der Waals surface area contributed by atoms with Crippen LogP contribution in [0.4, 0.5) is 0 Å². The second-order valence-corrected chi connectivity index (χ2v) is 8.01. The number of hydrogen-bond donors (Lipinski definition) is 1. The van der Waals surface area contributed by atoms with Gasteiger partial charge in [-0.15, -0.1) is 0 Å². The lowest BCUT2D eigenvalue weighted by Gasteiger charge is -2.27. The Morgan fingerprint density at radius 2 is 1.64 bits per heavy atom. The van der Waals surface area contributed by atoms with Gasteiger partial charge in [-0.3, -0.25) is 0 Å². The molecule has 152 valence electrons. The molecule has 0 aromatic heterocycles. The van der Waals surface area contributed by atoms with Gasteiger partial charge in [-0.25, -0.2) is 0 Å². The quantitative estimate of drug-likeness (QED) is 0.542. The molecule has 2 aromatic rings. The van der Waals surface area contributed by atoms with Crippen molar-refractivity contribution in [1.82, 2.24) is 5.32 Å². The van der Waals surface area contributed by atoms with Gasteiger partial charge in [0.1, 0.15) is 6.61 Å². The fourth-order valence-corrected chi connectivity index (χ4v) is 4.10. The van der Waals surface area contributed by atoms with Crippen LogP contribution in [0.1, 0.15) is 50.2 Å². The Bertz CT molecular complexity index is 693. The highest BCUT2D eigenvalue weighted by atomic mass is 16.5. The Morgan fingerprint density at radius 3 is 2.36 bits per heavy atom. The number of nitrogens with one attached hydrogen (secondary N) is 1. The summed E-state index contributed by atoms with van der Waals surface area (Å²) in [6, 6.07) is 16.5. The van der Waals surface area contributed by atoms with Crippen molar-refractivity contribution in [1.29, 1.82) is 0 Å². The van der Waals surface area contributed by atoms with Crippen molar-refractivity contribution in [3.05, 3.63) is 59.7 Å². The highest BCUT2D eigenvalue weighted by molar-refractivity contribution is 5.43. The summed E-state index contributed by atoms with van der Waals surface area (Å²) < 4.78 is 11.5. The molecule has 0 spiro atoms. The first-order valence-electron chi connectivity index (χ1n) is 10.8. The highest BCUT2D eigenvalue weighted by Gasteiger charge is 2.19. The van der Waals surface area contributed by atoms with Gasteiger partial charge in [0.2, 0.25) is 0 Å². The zero-order chi connectivity index (χ0) is 19.6. The van der Waals surface area contributed by atoms with E-state index in [0.717, 1.165) is 48.4 Å². The fraction of sp³-hybridized carbons (Fsp3) is 0.520. The Labute approximate surface area is 170 Å². The number of benzene rings is 2. The van der Waals surface area contributed by atoms with E-state index in [-0.39, 0.29) is 0 Å². The van der Waals surface area contributed by atoms with E-state index < -0.39 is 0 Å². The summed E-state index contributed by atoms with van der Waals surface area (Å²) in [4.78, 5) is 0. The van der Waals surface area contributed by atoms with E-state index in [1.165, 1.54) is 37.7 Å². The lowest BCUT2D eigenvalue weighted by molar-refractivity contribution is 0.263. The molecule has 1 saturated carbocycles. The number of ether oxygens (including phenoxy) is 2. The van der Waals surface area contributed by atoms with Gasteiger partial charge in [-0.1, -0.05) is 62.6 Å². The smallest absolute Gasteiger partial charge is 0.161 e. The molecule has 3 heteroatoms. The average molecular weight is 382 g/mol. The van der Waals surface area contributed by atoms with Crippen LogP contribution in [0.5, 0.6) is 11.5 Å². The van der Waals surface area contributed by atoms with Crippen molar-refractivity contribution in [2.75, 3.05) is 20.2 Å². The van der Waals surface area contributed by atoms with E-state index in [0.29, 0.717) is 6.61 Å². The van der Waals surface area contributed by atoms with E-state index in [2.05, 4.69) is 36.5 Å². The lowest BCUT2D eigenvalue weighted by atomic mass is 9.81. The molecule has 0 aliphatic heterocycles. The molecular weight excluding hydrogens is 346 g/mol. The Hall–Kier alpha value is -2.00. The summed E-state index contributed by atoms with van der Waals surface area (Å²) in [6.07, 6.45) is 8.00. The van der Waals surface area contributed by atoms with Crippen LogP contribution < -0.4 is 14.8 Å². The maximum Gasteiger partial charge on any atom is 0.161 e. The summed E-state index contributed by atoms with van der Waals surface area (Å²) in [5, 5.41) is 3.66. The van der Waals surface area contributed by atoms with Gasteiger partial charge >= 0.3 is 0 Å². The first kappa shape index (κ1) is 20.7.